The van der Waals surface area contributed by atoms with Crippen molar-refractivity contribution in [3.8, 4) is 5.75 Å². The first-order chi connectivity index (χ1) is 14.3. The number of hydrogen-bond acceptors (Lipinski definition) is 4. The molecule has 0 aliphatic carbocycles. The van der Waals surface area contributed by atoms with Crippen LogP contribution < -0.4 is 10.1 Å². The third-order valence-corrected chi connectivity index (χ3v) is 5.47. The highest BCUT2D eigenvalue weighted by Crippen LogP contribution is 2.25. The highest BCUT2D eigenvalue weighted by molar-refractivity contribution is 14.0. The Morgan fingerprint density at radius 1 is 1.13 bits per heavy atom. The summed E-state index contributed by atoms with van der Waals surface area (Å²) in [6, 6.07) is 14.4. The molecule has 2 unspecified atom stereocenters. The molecule has 4 rings (SSSR count). The van der Waals surface area contributed by atoms with Gasteiger partial charge in [-0.2, -0.15) is 0 Å². The minimum Gasteiger partial charge on any atom is -0.491 e. The Balaban J connectivity index is 0.00000256. The van der Waals surface area contributed by atoms with E-state index in [9.17, 15) is 0 Å². The lowest BCUT2D eigenvalue weighted by Crippen LogP contribution is -2.53. The van der Waals surface area contributed by atoms with Crippen LogP contribution in [0.15, 0.2) is 47.5 Å². The maximum absolute atomic E-state index is 6.04. The van der Waals surface area contributed by atoms with Crippen molar-refractivity contribution in [3.63, 3.8) is 0 Å². The lowest BCUT2D eigenvalue weighted by molar-refractivity contribution is -0.0817. The average Bonchev–Trinajstić information content (AvgIpc) is 3.31. The van der Waals surface area contributed by atoms with Gasteiger partial charge in [0.15, 0.2) is 5.96 Å². The van der Waals surface area contributed by atoms with E-state index >= 15 is 0 Å². The van der Waals surface area contributed by atoms with Crippen LogP contribution in [0.5, 0.6) is 5.75 Å². The number of hydrogen-bond donors (Lipinski definition) is 1. The Kier molecular flexibility index (Phi) is 9.02. The van der Waals surface area contributed by atoms with Gasteiger partial charge in [-0.1, -0.05) is 36.4 Å². The molecule has 2 saturated heterocycles. The zero-order valence-corrected chi connectivity index (χ0v) is 19.9. The first kappa shape index (κ1) is 23.1. The van der Waals surface area contributed by atoms with E-state index in [-0.39, 0.29) is 36.2 Å². The van der Waals surface area contributed by atoms with Gasteiger partial charge in [0, 0.05) is 31.6 Å². The summed E-state index contributed by atoms with van der Waals surface area (Å²) in [5.74, 6) is 1.84. The summed E-state index contributed by atoms with van der Waals surface area (Å²) in [6.07, 6.45) is 2.56. The van der Waals surface area contributed by atoms with Crippen LogP contribution in [-0.2, 0) is 9.47 Å². The van der Waals surface area contributed by atoms with Gasteiger partial charge in [-0.05, 0) is 31.2 Å². The number of rotatable bonds is 6. The van der Waals surface area contributed by atoms with E-state index in [1.54, 1.807) is 0 Å². The molecule has 30 heavy (non-hydrogen) atoms. The number of guanidine groups is 1. The fraction of sp³-hybridized carbons (Fsp3) is 0.522. The topological polar surface area (TPSA) is 55.3 Å². The minimum absolute atomic E-state index is 0. The van der Waals surface area contributed by atoms with Crippen LogP contribution in [0.25, 0.3) is 10.8 Å². The summed E-state index contributed by atoms with van der Waals surface area (Å²) in [5, 5.41) is 5.74. The number of halogens is 1. The lowest BCUT2D eigenvalue weighted by atomic mass is 10.1. The van der Waals surface area contributed by atoms with Crippen LogP contribution in [0.3, 0.4) is 0 Å². The van der Waals surface area contributed by atoms with Crippen LogP contribution in [-0.4, -0.2) is 69.1 Å². The van der Waals surface area contributed by atoms with Crippen molar-refractivity contribution in [2.24, 2.45) is 4.99 Å². The van der Waals surface area contributed by atoms with E-state index in [1.165, 1.54) is 5.39 Å². The Morgan fingerprint density at radius 3 is 2.80 bits per heavy atom. The summed E-state index contributed by atoms with van der Waals surface area (Å²) < 4.78 is 17.8. The monoisotopic (exact) mass is 525 g/mol. The Labute approximate surface area is 196 Å². The normalized spacial score (nSPS) is 22.0. The van der Waals surface area contributed by atoms with Crippen LogP contribution in [0, 0.1) is 0 Å². The van der Waals surface area contributed by atoms with Crippen LogP contribution in [0.4, 0.5) is 0 Å². The summed E-state index contributed by atoms with van der Waals surface area (Å²) in [6.45, 7) is 7.31. The maximum atomic E-state index is 6.04. The molecule has 1 N–H and O–H groups in total. The van der Waals surface area contributed by atoms with Crippen LogP contribution in [0.1, 0.15) is 19.8 Å². The molecule has 0 radical (unpaired) electrons. The summed E-state index contributed by atoms with van der Waals surface area (Å²) in [7, 11) is 0. The van der Waals surface area contributed by atoms with Gasteiger partial charge < -0.3 is 24.4 Å². The van der Waals surface area contributed by atoms with E-state index in [1.807, 2.05) is 24.3 Å². The number of nitrogens with one attached hydrogen (secondary N) is 1. The number of nitrogens with zero attached hydrogens (tertiary/aromatic N) is 2. The molecule has 2 heterocycles. The Bertz CT molecular complexity index is 821. The summed E-state index contributed by atoms with van der Waals surface area (Å²) >= 11 is 0. The molecule has 6 nitrogen and oxygen atoms in total. The van der Waals surface area contributed by atoms with Crippen molar-refractivity contribution >= 4 is 40.7 Å². The fourth-order valence-corrected chi connectivity index (χ4v) is 4.04. The predicted octanol–water partition coefficient (Wildman–Crippen LogP) is 3.68. The van der Waals surface area contributed by atoms with Gasteiger partial charge in [0.25, 0.3) is 0 Å². The van der Waals surface area contributed by atoms with E-state index in [2.05, 4.69) is 35.3 Å². The van der Waals surface area contributed by atoms with Crippen molar-refractivity contribution in [1.82, 2.24) is 10.2 Å². The smallest absolute Gasteiger partial charge is 0.194 e. The molecule has 2 aromatic rings. The molecule has 7 heteroatoms. The van der Waals surface area contributed by atoms with Crippen molar-refractivity contribution in [2.45, 2.75) is 32.0 Å². The van der Waals surface area contributed by atoms with Gasteiger partial charge in [0.2, 0.25) is 0 Å². The van der Waals surface area contributed by atoms with Crippen molar-refractivity contribution in [2.75, 3.05) is 46.0 Å². The molecule has 0 aromatic heterocycles. The average molecular weight is 525 g/mol. The van der Waals surface area contributed by atoms with Gasteiger partial charge in [0.1, 0.15) is 18.5 Å². The number of morpholine rings is 1. The van der Waals surface area contributed by atoms with Gasteiger partial charge in [-0.15, -0.1) is 24.0 Å². The molecule has 164 valence electrons. The van der Waals surface area contributed by atoms with Crippen molar-refractivity contribution in [1.29, 1.82) is 0 Å². The number of aliphatic imine (C=N–C) groups is 1. The number of ether oxygens (including phenoxy) is 3. The second kappa shape index (κ2) is 11.7. The largest absolute Gasteiger partial charge is 0.491 e. The van der Waals surface area contributed by atoms with E-state index in [0.717, 1.165) is 56.2 Å². The SMILES string of the molecule is CCNC(=NCCOc1cccc2ccccc12)N1CCOC(C2CCCO2)C1.I. The highest BCUT2D eigenvalue weighted by Gasteiger charge is 2.32. The zero-order valence-electron chi connectivity index (χ0n) is 17.6. The maximum Gasteiger partial charge on any atom is 0.194 e. The molecule has 2 fully saturated rings. The molecular weight excluding hydrogens is 493 g/mol. The van der Waals surface area contributed by atoms with Gasteiger partial charge >= 0.3 is 0 Å². The van der Waals surface area contributed by atoms with Crippen LogP contribution >= 0.6 is 24.0 Å². The zero-order chi connectivity index (χ0) is 19.9. The second-order valence-corrected chi connectivity index (χ2v) is 7.47. The second-order valence-electron chi connectivity index (χ2n) is 7.47. The molecular formula is C23H32IN3O3. The van der Waals surface area contributed by atoms with Gasteiger partial charge in [-0.3, -0.25) is 0 Å². The van der Waals surface area contributed by atoms with Crippen molar-refractivity contribution < 1.29 is 14.2 Å². The Hall–Kier alpha value is -1.58. The van der Waals surface area contributed by atoms with E-state index < -0.39 is 0 Å². The number of benzene rings is 2. The quantitative estimate of drug-likeness (QED) is 0.270. The van der Waals surface area contributed by atoms with Crippen LogP contribution in [0.2, 0.25) is 0 Å². The summed E-state index contributed by atoms with van der Waals surface area (Å²) in [5.41, 5.74) is 0. The van der Waals surface area contributed by atoms with Gasteiger partial charge in [0.05, 0.1) is 19.3 Å². The molecule has 0 amide bonds. The first-order valence-electron chi connectivity index (χ1n) is 10.7. The standard InChI is InChI=1S/C23H31N3O3.HI/c1-2-24-23(26-13-16-29-22(17-26)21-11-6-14-27-21)25-12-15-28-20-10-5-8-18-7-3-4-9-19(18)20;/h3-5,7-10,21-22H,2,6,11-17H2,1H3,(H,24,25);1H. The molecule has 2 atom stereocenters. The third kappa shape index (κ3) is 5.76. The van der Waals surface area contributed by atoms with Crippen molar-refractivity contribution in [3.05, 3.63) is 42.5 Å². The molecule has 2 aliphatic rings. The first-order valence-corrected chi connectivity index (χ1v) is 10.7. The molecule has 2 aliphatic heterocycles. The highest BCUT2D eigenvalue weighted by atomic mass is 127. The molecule has 0 saturated carbocycles. The van der Waals surface area contributed by atoms with Gasteiger partial charge in [-0.25, -0.2) is 4.99 Å². The molecule has 0 bridgehead atoms. The Morgan fingerprint density at radius 2 is 1.97 bits per heavy atom. The summed E-state index contributed by atoms with van der Waals surface area (Å²) in [4.78, 5) is 7.09. The number of fused-ring (bicyclic) bond motifs is 1. The fourth-order valence-electron chi connectivity index (χ4n) is 4.04. The molecule has 2 aromatic carbocycles. The van der Waals surface area contributed by atoms with E-state index in [4.69, 9.17) is 19.2 Å². The lowest BCUT2D eigenvalue weighted by Gasteiger charge is -2.37. The minimum atomic E-state index is 0. The predicted molar refractivity (Wildman–Crippen MR) is 131 cm³/mol. The third-order valence-electron chi connectivity index (χ3n) is 5.47. The van der Waals surface area contributed by atoms with E-state index in [0.29, 0.717) is 19.8 Å². The molecule has 0 spiro atoms.